The Balaban J connectivity index is 1.06. The Morgan fingerprint density at radius 2 is 1.68 bits per heavy atom. The molecule has 4 aliphatic carbocycles. The summed E-state index contributed by atoms with van der Waals surface area (Å²) in [6.45, 7) is 0. The topological polar surface area (TPSA) is 27.6 Å². The predicted molar refractivity (Wildman–Crippen MR) is 186 cm³/mol. The van der Waals surface area contributed by atoms with Crippen molar-refractivity contribution < 1.29 is 0 Å². The molecule has 2 aliphatic heterocycles. The van der Waals surface area contributed by atoms with Gasteiger partial charge in [0.25, 0.3) is 0 Å². The third-order valence-electron chi connectivity index (χ3n) is 10.6. The molecule has 2 aromatic carbocycles. The van der Waals surface area contributed by atoms with Gasteiger partial charge in [-0.2, -0.15) is 0 Å². The van der Waals surface area contributed by atoms with Crippen LogP contribution < -0.4 is 5.32 Å². The van der Waals surface area contributed by atoms with Crippen molar-refractivity contribution in [3.05, 3.63) is 131 Å². The van der Waals surface area contributed by atoms with Crippen LogP contribution in [0, 0.1) is 11.8 Å². The average Bonchev–Trinajstić information content (AvgIpc) is 3.65. The molecule has 3 heterocycles. The first-order valence-electron chi connectivity index (χ1n) is 16.7. The summed E-state index contributed by atoms with van der Waals surface area (Å²) in [6.07, 6.45) is 33.1. The first kappa shape index (κ1) is 26.5. The Kier molecular flexibility index (Phi) is 6.58. The molecule has 0 amide bonds. The van der Waals surface area contributed by atoms with Crippen LogP contribution in [0.25, 0.3) is 20.2 Å². The van der Waals surface area contributed by atoms with Gasteiger partial charge >= 0.3 is 0 Å². The number of benzene rings is 2. The molecule has 0 radical (unpaired) electrons. The molecule has 0 spiro atoms. The van der Waals surface area contributed by atoms with Gasteiger partial charge in [0.2, 0.25) is 0 Å². The number of rotatable bonds is 4. The summed E-state index contributed by atoms with van der Waals surface area (Å²) in [5.41, 5.74) is 8.28. The molecule has 44 heavy (non-hydrogen) atoms. The Labute approximate surface area is 264 Å². The molecule has 0 fully saturated rings. The minimum absolute atomic E-state index is 0.0937. The van der Waals surface area contributed by atoms with Crippen molar-refractivity contribution in [2.75, 3.05) is 0 Å². The number of nitrogens with one attached hydrogen (secondary N) is 1. The standard InChI is InChI=1S/C40H39N3S/c1-2-11-27(12-3-1)33-25-34(42-40(41-33)43-35-17-7-4-13-30(35)31-14-5-8-18-36(31)43)28-23-21-26(22-24-28)29-16-10-20-38-39(29)32-15-6-9-19-37(32)44-38/h2,6-12,15-21,23,25-26,28,30,35,40,42H,1,3-5,13-14,22,24H2. The van der Waals surface area contributed by atoms with Crippen LogP contribution in [-0.2, 0) is 0 Å². The van der Waals surface area contributed by atoms with E-state index in [1.54, 1.807) is 5.57 Å². The zero-order valence-corrected chi connectivity index (χ0v) is 26.0. The molecule has 0 saturated heterocycles. The van der Waals surface area contributed by atoms with E-state index in [0.29, 0.717) is 23.8 Å². The quantitative estimate of drug-likeness (QED) is 0.305. The van der Waals surface area contributed by atoms with E-state index >= 15 is 0 Å². The van der Waals surface area contributed by atoms with Gasteiger partial charge in [-0.25, -0.2) is 4.99 Å². The lowest BCUT2D eigenvalue weighted by Gasteiger charge is -2.40. The predicted octanol–water partition coefficient (Wildman–Crippen LogP) is 9.85. The van der Waals surface area contributed by atoms with Crippen molar-refractivity contribution in [2.45, 2.75) is 69.6 Å². The molecule has 0 bridgehead atoms. The lowest BCUT2D eigenvalue weighted by atomic mass is 9.81. The molecule has 3 nitrogen and oxygen atoms in total. The molecule has 3 aromatic rings. The third-order valence-corrected chi connectivity index (χ3v) is 11.8. The lowest BCUT2D eigenvalue weighted by Crippen LogP contribution is -2.50. The SMILES string of the molecule is C1=CC(C2=NC(N3C4=C(CCC=C4)C4CCC=CC43)NC(C3C=CC(c4cccc5sc6ccccc6c45)CC3)=C2)=CCC1. The number of fused-ring (bicyclic) bond motifs is 5. The van der Waals surface area contributed by atoms with Gasteiger partial charge in [-0.05, 0) is 92.4 Å². The van der Waals surface area contributed by atoms with Gasteiger partial charge < -0.3 is 10.2 Å². The van der Waals surface area contributed by atoms with Crippen LogP contribution in [0.1, 0.15) is 62.8 Å². The van der Waals surface area contributed by atoms with E-state index in [2.05, 4.69) is 113 Å². The highest BCUT2D eigenvalue weighted by molar-refractivity contribution is 7.25. The highest BCUT2D eigenvalue weighted by atomic mass is 32.1. The second-order valence-corrected chi connectivity index (χ2v) is 14.2. The molecular weight excluding hydrogens is 555 g/mol. The Morgan fingerprint density at radius 3 is 2.59 bits per heavy atom. The van der Waals surface area contributed by atoms with Crippen molar-refractivity contribution in [2.24, 2.45) is 16.8 Å². The summed E-state index contributed by atoms with van der Waals surface area (Å²) in [5.74, 6) is 1.42. The fourth-order valence-corrected chi connectivity index (χ4v) is 9.67. The number of hydrogen-bond acceptors (Lipinski definition) is 4. The summed E-state index contributed by atoms with van der Waals surface area (Å²) in [6, 6.07) is 16.2. The van der Waals surface area contributed by atoms with E-state index < -0.39 is 0 Å². The minimum Gasteiger partial charge on any atom is -0.350 e. The van der Waals surface area contributed by atoms with Crippen molar-refractivity contribution in [1.82, 2.24) is 10.2 Å². The summed E-state index contributed by atoms with van der Waals surface area (Å²) >= 11 is 1.92. The Bertz CT molecular complexity index is 1890. The van der Waals surface area contributed by atoms with Gasteiger partial charge in [0.1, 0.15) is 0 Å². The summed E-state index contributed by atoms with van der Waals surface area (Å²) in [7, 11) is 0. The van der Waals surface area contributed by atoms with E-state index in [0.717, 1.165) is 37.8 Å². The minimum atomic E-state index is -0.0937. The highest BCUT2D eigenvalue weighted by Gasteiger charge is 2.43. The zero-order valence-electron chi connectivity index (χ0n) is 25.2. The van der Waals surface area contributed by atoms with Crippen molar-refractivity contribution >= 4 is 37.2 Å². The van der Waals surface area contributed by atoms with Crippen molar-refractivity contribution in [1.29, 1.82) is 0 Å². The van der Waals surface area contributed by atoms with Gasteiger partial charge in [-0.3, -0.25) is 0 Å². The second kappa shape index (κ2) is 10.9. The van der Waals surface area contributed by atoms with Gasteiger partial charge in [0.05, 0.1) is 11.8 Å². The van der Waals surface area contributed by atoms with Gasteiger partial charge in [-0.1, -0.05) is 78.9 Å². The van der Waals surface area contributed by atoms with E-state index in [4.69, 9.17) is 4.99 Å². The first-order valence-corrected chi connectivity index (χ1v) is 17.5. The molecule has 5 atom stereocenters. The Morgan fingerprint density at radius 1 is 0.795 bits per heavy atom. The third kappa shape index (κ3) is 4.41. The van der Waals surface area contributed by atoms with Crippen molar-refractivity contribution in [3.8, 4) is 0 Å². The average molecular weight is 594 g/mol. The molecule has 220 valence electrons. The van der Waals surface area contributed by atoms with Crippen LogP contribution >= 0.6 is 11.3 Å². The number of hydrogen-bond donors (Lipinski definition) is 1. The van der Waals surface area contributed by atoms with Crippen LogP contribution in [0.15, 0.2) is 131 Å². The number of allylic oxidation sites excluding steroid dienone is 10. The molecule has 6 aliphatic rings. The number of nitrogens with zero attached hydrogens (tertiary/aromatic N) is 2. The van der Waals surface area contributed by atoms with Crippen LogP contribution in [0.5, 0.6) is 0 Å². The van der Waals surface area contributed by atoms with Crippen LogP contribution in [0.2, 0.25) is 0 Å². The fourth-order valence-electron chi connectivity index (χ4n) is 8.53. The van der Waals surface area contributed by atoms with Crippen LogP contribution in [-0.4, -0.2) is 22.9 Å². The monoisotopic (exact) mass is 593 g/mol. The van der Waals surface area contributed by atoms with Gasteiger partial charge in [0, 0.05) is 49.3 Å². The highest BCUT2D eigenvalue weighted by Crippen LogP contribution is 2.46. The largest absolute Gasteiger partial charge is 0.350 e. The smallest absolute Gasteiger partial charge is 0.197 e. The summed E-state index contributed by atoms with van der Waals surface area (Å²) < 4.78 is 2.79. The van der Waals surface area contributed by atoms with E-state index in [9.17, 15) is 0 Å². The van der Waals surface area contributed by atoms with E-state index in [-0.39, 0.29) is 6.29 Å². The van der Waals surface area contributed by atoms with Crippen molar-refractivity contribution in [3.63, 3.8) is 0 Å². The van der Waals surface area contributed by atoms with Crippen LogP contribution in [0.4, 0.5) is 0 Å². The van der Waals surface area contributed by atoms with Crippen LogP contribution in [0.3, 0.4) is 0 Å². The maximum Gasteiger partial charge on any atom is 0.197 e. The maximum atomic E-state index is 5.44. The Hall–Kier alpha value is -3.89. The van der Waals surface area contributed by atoms with Gasteiger partial charge in [0.15, 0.2) is 6.29 Å². The fraction of sp³-hybridized carbons (Fsp3) is 0.325. The van der Waals surface area contributed by atoms with Gasteiger partial charge in [-0.15, -0.1) is 11.3 Å². The lowest BCUT2D eigenvalue weighted by molar-refractivity contribution is 0.185. The molecule has 0 saturated carbocycles. The summed E-state index contributed by atoms with van der Waals surface area (Å²) in [4.78, 5) is 8.06. The molecular formula is C40H39N3S. The molecule has 5 unspecified atom stereocenters. The molecule has 1 aromatic heterocycles. The first-order chi connectivity index (χ1) is 21.8. The number of thiophene rings is 1. The number of aliphatic imine (C=N–C) groups is 1. The van der Waals surface area contributed by atoms with E-state index in [1.165, 1.54) is 62.0 Å². The van der Waals surface area contributed by atoms with E-state index in [1.807, 2.05) is 11.3 Å². The molecule has 9 rings (SSSR count). The maximum absolute atomic E-state index is 5.44. The second-order valence-electron chi connectivity index (χ2n) is 13.1. The molecule has 4 heteroatoms. The molecule has 1 N–H and O–H groups in total. The zero-order chi connectivity index (χ0) is 29.0. The normalized spacial score (nSPS) is 29.4. The summed E-state index contributed by atoms with van der Waals surface area (Å²) in [5, 5.41) is 6.86.